The van der Waals surface area contributed by atoms with Crippen molar-refractivity contribution in [1.82, 2.24) is 20.4 Å². The second kappa shape index (κ2) is 11.9. The number of piperidine rings is 1. The third-order valence-electron chi connectivity index (χ3n) is 5.18. The summed E-state index contributed by atoms with van der Waals surface area (Å²) in [6.45, 7) is 13.0. The van der Waals surface area contributed by atoms with E-state index in [1.807, 2.05) is 7.05 Å². The van der Waals surface area contributed by atoms with Crippen molar-refractivity contribution in [3.8, 4) is 0 Å². The Balaban J connectivity index is 1.70. The van der Waals surface area contributed by atoms with Crippen molar-refractivity contribution in [2.75, 3.05) is 46.3 Å². The molecule has 0 radical (unpaired) electrons. The second-order valence-corrected chi connectivity index (χ2v) is 7.03. The van der Waals surface area contributed by atoms with Gasteiger partial charge in [-0.15, -0.1) is 0 Å². The molecule has 0 saturated carbocycles. The fraction of sp³-hybridized carbons (Fsp3) is 0.667. The maximum absolute atomic E-state index is 4.33. The minimum atomic E-state index is 0.801. The van der Waals surface area contributed by atoms with E-state index in [1.165, 1.54) is 43.5 Å². The summed E-state index contributed by atoms with van der Waals surface area (Å²) in [6.07, 6.45) is 4.08. The molecule has 1 aliphatic rings. The van der Waals surface area contributed by atoms with Crippen molar-refractivity contribution in [3.05, 3.63) is 35.4 Å². The van der Waals surface area contributed by atoms with Crippen LogP contribution >= 0.6 is 0 Å². The van der Waals surface area contributed by atoms with E-state index in [1.54, 1.807) is 0 Å². The highest BCUT2D eigenvalue weighted by molar-refractivity contribution is 5.79. The molecule has 1 aromatic rings. The minimum Gasteiger partial charge on any atom is -0.355 e. The van der Waals surface area contributed by atoms with E-state index in [9.17, 15) is 0 Å². The van der Waals surface area contributed by atoms with Gasteiger partial charge in [0.1, 0.15) is 0 Å². The van der Waals surface area contributed by atoms with Crippen molar-refractivity contribution in [2.24, 2.45) is 4.99 Å². The van der Waals surface area contributed by atoms with Crippen molar-refractivity contribution in [1.29, 1.82) is 0 Å². The number of likely N-dealkylation sites (tertiary alicyclic amines) is 1. The summed E-state index contributed by atoms with van der Waals surface area (Å²) in [7, 11) is 1.84. The quantitative estimate of drug-likeness (QED) is 0.525. The van der Waals surface area contributed by atoms with Crippen molar-refractivity contribution in [2.45, 2.75) is 46.2 Å². The first-order chi connectivity index (χ1) is 12.7. The summed E-state index contributed by atoms with van der Waals surface area (Å²) in [5.74, 6) is 0.884. The van der Waals surface area contributed by atoms with Crippen LogP contribution < -0.4 is 10.6 Å². The predicted octanol–water partition coefficient (Wildman–Crippen LogP) is 2.68. The van der Waals surface area contributed by atoms with Crippen molar-refractivity contribution < 1.29 is 0 Å². The van der Waals surface area contributed by atoms with Gasteiger partial charge >= 0.3 is 0 Å². The minimum absolute atomic E-state index is 0.801. The molecule has 0 spiro atoms. The van der Waals surface area contributed by atoms with Gasteiger partial charge < -0.3 is 15.5 Å². The van der Waals surface area contributed by atoms with E-state index >= 15 is 0 Å². The number of rotatable bonds is 9. The Morgan fingerprint density at radius 1 is 1.00 bits per heavy atom. The molecule has 26 heavy (non-hydrogen) atoms. The number of nitrogens with zero attached hydrogens (tertiary/aromatic N) is 3. The van der Waals surface area contributed by atoms with E-state index in [2.05, 4.69) is 63.5 Å². The third-order valence-corrected chi connectivity index (χ3v) is 5.18. The van der Waals surface area contributed by atoms with Gasteiger partial charge in [-0.3, -0.25) is 9.89 Å². The lowest BCUT2D eigenvalue weighted by atomic mass is 10.1. The summed E-state index contributed by atoms with van der Waals surface area (Å²) >= 11 is 0. The van der Waals surface area contributed by atoms with Gasteiger partial charge in [-0.05, 0) is 50.1 Å². The Hall–Kier alpha value is -1.59. The molecule has 1 saturated heterocycles. The standard InChI is InChI=1S/C21H37N5/c1-4-25(5-2)18-20-11-9-19(10-12-20)17-24-21(22-3)23-13-16-26-14-7-6-8-15-26/h9-12H,4-8,13-18H2,1-3H3,(H2,22,23,24). The summed E-state index contributed by atoms with van der Waals surface area (Å²) in [5.41, 5.74) is 2.66. The van der Waals surface area contributed by atoms with Crippen molar-refractivity contribution >= 4 is 5.96 Å². The topological polar surface area (TPSA) is 42.9 Å². The Labute approximate surface area is 159 Å². The fourth-order valence-electron chi connectivity index (χ4n) is 3.39. The average Bonchev–Trinajstić information content (AvgIpc) is 2.70. The Morgan fingerprint density at radius 2 is 1.65 bits per heavy atom. The molecule has 5 heteroatoms. The molecule has 0 atom stereocenters. The zero-order valence-corrected chi connectivity index (χ0v) is 16.9. The van der Waals surface area contributed by atoms with E-state index in [0.29, 0.717) is 0 Å². The molecule has 2 rings (SSSR count). The van der Waals surface area contributed by atoms with Gasteiger partial charge in [-0.25, -0.2) is 0 Å². The van der Waals surface area contributed by atoms with Gasteiger partial charge in [0.25, 0.3) is 0 Å². The second-order valence-electron chi connectivity index (χ2n) is 7.03. The zero-order chi connectivity index (χ0) is 18.6. The number of guanidine groups is 1. The maximum atomic E-state index is 4.33. The van der Waals surface area contributed by atoms with Gasteiger partial charge in [0.2, 0.25) is 0 Å². The zero-order valence-electron chi connectivity index (χ0n) is 16.9. The normalized spacial score (nSPS) is 16.1. The molecule has 0 unspecified atom stereocenters. The molecule has 5 nitrogen and oxygen atoms in total. The van der Waals surface area contributed by atoms with Crippen LogP contribution in [-0.2, 0) is 13.1 Å². The molecule has 1 aromatic carbocycles. The van der Waals surface area contributed by atoms with Crippen molar-refractivity contribution in [3.63, 3.8) is 0 Å². The first-order valence-electron chi connectivity index (χ1n) is 10.2. The Morgan fingerprint density at radius 3 is 2.27 bits per heavy atom. The first-order valence-corrected chi connectivity index (χ1v) is 10.2. The van der Waals surface area contributed by atoms with Gasteiger partial charge in [0.05, 0.1) is 0 Å². The lowest BCUT2D eigenvalue weighted by molar-refractivity contribution is 0.232. The number of hydrogen-bond donors (Lipinski definition) is 2. The number of benzene rings is 1. The molecule has 0 aromatic heterocycles. The molecule has 0 bridgehead atoms. The van der Waals surface area contributed by atoms with E-state index < -0.39 is 0 Å². The summed E-state index contributed by atoms with van der Waals surface area (Å²) in [5, 5.41) is 6.85. The summed E-state index contributed by atoms with van der Waals surface area (Å²) in [6, 6.07) is 8.91. The van der Waals surface area contributed by atoms with Crippen LogP contribution in [0.4, 0.5) is 0 Å². The van der Waals surface area contributed by atoms with Crippen LogP contribution in [0.25, 0.3) is 0 Å². The molecule has 1 aliphatic heterocycles. The molecule has 2 N–H and O–H groups in total. The largest absolute Gasteiger partial charge is 0.355 e. The molecule has 1 fully saturated rings. The average molecular weight is 360 g/mol. The first kappa shape index (κ1) is 20.7. The Kier molecular flexibility index (Phi) is 9.50. The van der Waals surface area contributed by atoms with Gasteiger partial charge in [-0.2, -0.15) is 0 Å². The lowest BCUT2D eigenvalue weighted by Gasteiger charge is -2.26. The van der Waals surface area contributed by atoms with Crippen LogP contribution in [0.2, 0.25) is 0 Å². The molecule has 146 valence electrons. The van der Waals surface area contributed by atoms with E-state index in [-0.39, 0.29) is 0 Å². The monoisotopic (exact) mass is 359 g/mol. The summed E-state index contributed by atoms with van der Waals surface area (Å²) in [4.78, 5) is 9.31. The predicted molar refractivity (Wildman–Crippen MR) is 112 cm³/mol. The molecule has 0 amide bonds. The highest BCUT2D eigenvalue weighted by Crippen LogP contribution is 2.08. The summed E-state index contributed by atoms with van der Waals surface area (Å²) < 4.78 is 0. The number of aliphatic imine (C=N–C) groups is 1. The molecular weight excluding hydrogens is 322 g/mol. The van der Waals surface area contributed by atoms with Gasteiger partial charge in [0, 0.05) is 33.2 Å². The van der Waals surface area contributed by atoms with Crippen LogP contribution in [0.1, 0.15) is 44.2 Å². The highest BCUT2D eigenvalue weighted by Gasteiger charge is 2.09. The number of hydrogen-bond acceptors (Lipinski definition) is 3. The molecule has 0 aliphatic carbocycles. The molecular formula is C21H37N5. The fourth-order valence-corrected chi connectivity index (χ4v) is 3.39. The highest BCUT2D eigenvalue weighted by atomic mass is 15.2. The van der Waals surface area contributed by atoms with Gasteiger partial charge in [-0.1, -0.05) is 44.5 Å². The van der Waals surface area contributed by atoms with Gasteiger partial charge in [0.15, 0.2) is 5.96 Å². The van der Waals surface area contributed by atoms with Crippen LogP contribution in [0.3, 0.4) is 0 Å². The number of nitrogens with one attached hydrogen (secondary N) is 2. The van der Waals surface area contributed by atoms with Crippen LogP contribution in [0, 0.1) is 0 Å². The Bertz CT molecular complexity index is 516. The van der Waals surface area contributed by atoms with Crippen LogP contribution in [0.15, 0.2) is 29.3 Å². The lowest BCUT2D eigenvalue weighted by Crippen LogP contribution is -2.42. The van der Waals surface area contributed by atoms with E-state index in [0.717, 1.165) is 45.2 Å². The molecule has 1 heterocycles. The maximum Gasteiger partial charge on any atom is 0.191 e. The third kappa shape index (κ3) is 7.34. The van der Waals surface area contributed by atoms with Crippen LogP contribution in [-0.4, -0.2) is 62.1 Å². The van der Waals surface area contributed by atoms with E-state index in [4.69, 9.17) is 0 Å². The van der Waals surface area contributed by atoms with Crippen LogP contribution in [0.5, 0.6) is 0 Å². The SMILES string of the molecule is CCN(CC)Cc1ccc(CNC(=NC)NCCN2CCCCC2)cc1. The smallest absolute Gasteiger partial charge is 0.191 e.